The van der Waals surface area contributed by atoms with E-state index in [-0.39, 0.29) is 12.5 Å². The molecule has 0 saturated heterocycles. The predicted molar refractivity (Wildman–Crippen MR) is 73.9 cm³/mol. The fraction of sp³-hybridized carbons (Fsp3) is 0.500. The topological polar surface area (TPSA) is 50.4 Å². The number of ether oxygens (including phenoxy) is 1. The van der Waals surface area contributed by atoms with Gasteiger partial charge in [0.15, 0.2) is 0 Å². The SMILES string of the molecule is COc1ccccc1NCC(=O)NCCC(C)C. The van der Waals surface area contributed by atoms with Crippen LogP contribution in [0.2, 0.25) is 0 Å². The molecule has 100 valence electrons. The van der Waals surface area contributed by atoms with Crippen LogP contribution < -0.4 is 15.4 Å². The van der Waals surface area contributed by atoms with Crippen molar-refractivity contribution in [1.82, 2.24) is 5.32 Å². The van der Waals surface area contributed by atoms with E-state index in [1.165, 1.54) is 0 Å². The maximum Gasteiger partial charge on any atom is 0.239 e. The lowest BCUT2D eigenvalue weighted by atomic mass is 10.1. The van der Waals surface area contributed by atoms with Gasteiger partial charge in [-0.15, -0.1) is 0 Å². The molecule has 1 aromatic carbocycles. The molecule has 0 radical (unpaired) electrons. The van der Waals surface area contributed by atoms with Crippen molar-refractivity contribution in [3.05, 3.63) is 24.3 Å². The third kappa shape index (κ3) is 5.08. The third-order valence-corrected chi connectivity index (χ3v) is 2.59. The van der Waals surface area contributed by atoms with Crippen LogP contribution in [-0.2, 0) is 4.79 Å². The van der Waals surface area contributed by atoms with Crippen LogP contribution in [0.1, 0.15) is 20.3 Å². The van der Waals surface area contributed by atoms with Crippen molar-refractivity contribution in [3.63, 3.8) is 0 Å². The number of hydrogen-bond donors (Lipinski definition) is 2. The van der Waals surface area contributed by atoms with Crippen LogP contribution in [0.4, 0.5) is 5.69 Å². The van der Waals surface area contributed by atoms with Crippen molar-refractivity contribution in [2.75, 3.05) is 25.5 Å². The Kier molecular flexibility index (Phi) is 6.05. The summed E-state index contributed by atoms with van der Waals surface area (Å²) in [6, 6.07) is 7.55. The molecule has 4 heteroatoms. The number of nitrogens with one attached hydrogen (secondary N) is 2. The van der Waals surface area contributed by atoms with E-state index in [9.17, 15) is 4.79 Å². The lowest BCUT2D eigenvalue weighted by Gasteiger charge is -2.11. The second-order valence-corrected chi connectivity index (χ2v) is 4.59. The molecule has 0 bridgehead atoms. The van der Waals surface area contributed by atoms with Gasteiger partial charge < -0.3 is 15.4 Å². The highest BCUT2D eigenvalue weighted by atomic mass is 16.5. The summed E-state index contributed by atoms with van der Waals surface area (Å²) in [7, 11) is 1.61. The molecule has 1 aromatic rings. The van der Waals surface area contributed by atoms with E-state index in [4.69, 9.17) is 4.74 Å². The summed E-state index contributed by atoms with van der Waals surface area (Å²) in [6.07, 6.45) is 1.00. The molecule has 1 amide bonds. The monoisotopic (exact) mass is 250 g/mol. The van der Waals surface area contributed by atoms with Gasteiger partial charge in [-0.25, -0.2) is 0 Å². The fourth-order valence-electron chi connectivity index (χ4n) is 1.53. The van der Waals surface area contributed by atoms with Gasteiger partial charge >= 0.3 is 0 Å². The quantitative estimate of drug-likeness (QED) is 0.780. The van der Waals surface area contributed by atoms with Gasteiger partial charge in [0.05, 0.1) is 19.3 Å². The van der Waals surface area contributed by atoms with E-state index in [2.05, 4.69) is 24.5 Å². The van der Waals surface area contributed by atoms with Gasteiger partial charge in [0.25, 0.3) is 0 Å². The number of carbonyl (C=O) groups is 1. The zero-order valence-electron chi connectivity index (χ0n) is 11.3. The normalized spacial score (nSPS) is 10.2. The Balaban J connectivity index is 2.33. The van der Waals surface area contributed by atoms with E-state index >= 15 is 0 Å². The zero-order chi connectivity index (χ0) is 13.4. The van der Waals surface area contributed by atoms with Gasteiger partial charge in [0.2, 0.25) is 5.91 Å². The number of hydrogen-bond acceptors (Lipinski definition) is 3. The van der Waals surface area contributed by atoms with Crippen LogP contribution in [0.25, 0.3) is 0 Å². The van der Waals surface area contributed by atoms with Crippen molar-refractivity contribution in [2.24, 2.45) is 5.92 Å². The van der Waals surface area contributed by atoms with Gasteiger partial charge in [0.1, 0.15) is 5.75 Å². The van der Waals surface area contributed by atoms with E-state index in [0.717, 1.165) is 24.4 Å². The molecule has 4 nitrogen and oxygen atoms in total. The van der Waals surface area contributed by atoms with Crippen molar-refractivity contribution < 1.29 is 9.53 Å². The summed E-state index contributed by atoms with van der Waals surface area (Å²) >= 11 is 0. The summed E-state index contributed by atoms with van der Waals surface area (Å²) in [5.74, 6) is 1.35. The molecule has 2 N–H and O–H groups in total. The Morgan fingerprint density at radius 2 is 2.06 bits per heavy atom. The smallest absolute Gasteiger partial charge is 0.239 e. The van der Waals surface area contributed by atoms with Crippen molar-refractivity contribution in [1.29, 1.82) is 0 Å². The number of anilines is 1. The molecule has 0 heterocycles. The molecule has 0 aliphatic rings. The Morgan fingerprint density at radius 1 is 1.33 bits per heavy atom. The molecule has 1 rings (SSSR count). The molecule has 0 saturated carbocycles. The molecular formula is C14H22N2O2. The third-order valence-electron chi connectivity index (χ3n) is 2.59. The first kappa shape index (κ1) is 14.4. The van der Waals surface area contributed by atoms with Crippen LogP contribution in [0, 0.1) is 5.92 Å². The van der Waals surface area contributed by atoms with Crippen molar-refractivity contribution in [3.8, 4) is 5.75 Å². The number of para-hydroxylation sites is 2. The first-order chi connectivity index (χ1) is 8.63. The molecule has 0 aliphatic heterocycles. The van der Waals surface area contributed by atoms with Crippen LogP contribution in [0.3, 0.4) is 0 Å². The van der Waals surface area contributed by atoms with E-state index < -0.39 is 0 Å². The minimum atomic E-state index is 0.00144. The summed E-state index contributed by atoms with van der Waals surface area (Å²) in [5, 5.41) is 5.94. The van der Waals surface area contributed by atoms with Gasteiger partial charge in [-0.3, -0.25) is 4.79 Å². The highest BCUT2D eigenvalue weighted by molar-refractivity contribution is 5.81. The van der Waals surface area contributed by atoms with Crippen molar-refractivity contribution in [2.45, 2.75) is 20.3 Å². The van der Waals surface area contributed by atoms with Gasteiger partial charge in [-0.05, 0) is 24.5 Å². The van der Waals surface area contributed by atoms with E-state index in [1.54, 1.807) is 7.11 Å². The van der Waals surface area contributed by atoms with Crippen LogP contribution in [0.5, 0.6) is 5.75 Å². The minimum Gasteiger partial charge on any atom is -0.495 e. The highest BCUT2D eigenvalue weighted by Crippen LogP contribution is 2.22. The van der Waals surface area contributed by atoms with Crippen molar-refractivity contribution >= 4 is 11.6 Å². The summed E-state index contributed by atoms with van der Waals surface area (Å²) in [4.78, 5) is 11.6. The maximum atomic E-state index is 11.6. The van der Waals surface area contributed by atoms with Gasteiger partial charge in [-0.1, -0.05) is 26.0 Å². The summed E-state index contributed by atoms with van der Waals surface area (Å²) in [6.45, 7) is 5.26. The van der Waals surface area contributed by atoms with E-state index in [1.807, 2.05) is 24.3 Å². The fourth-order valence-corrected chi connectivity index (χ4v) is 1.53. The molecule has 0 fully saturated rings. The Hall–Kier alpha value is -1.71. The Morgan fingerprint density at radius 3 is 2.72 bits per heavy atom. The van der Waals surface area contributed by atoms with Crippen LogP contribution in [0.15, 0.2) is 24.3 Å². The highest BCUT2D eigenvalue weighted by Gasteiger charge is 2.04. The van der Waals surface area contributed by atoms with E-state index in [0.29, 0.717) is 5.92 Å². The van der Waals surface area contributed by atoms with Gasteiger partial charge in [-0.2, -0.15) is 0 Å². The average molecular weight is 250 g/mol. The summed E-state index contributed by atoms with van der Waals surface area (Å²) in [5.41, 5.74) is 0.832. The molecule has 0 unspecified atom stereocenters. The van der Waals surface area contributed by atoms with Gasteiger partial charge in [0, 0.05) is 6.54 Å². The average Bonchev–Trinajstić information content (AvgIpc) is 2.36. The number of methoxy groups -OCH3 is 1. The summed E-state index contributed by atoms with van der Waals surface area (Å²) < 4.78 is 5.20. The Labute approximate surface area is 109 Å². The predicted octanol–water partition coefficient (Wildman–Crippen LogP) is 2.27. The first-order valence-electron chi connectivity index (χ1n) is 6.27. The molecule has 0 aromatic heterocycles. The zero-order valence-corrected chi connectivity index (χ0v) is 11.3. The standard InChI is InChI=1S/C14H22N2O2/c1-11(2)8-9-15-14(17)10-16-12-6-4-5-7-13(12)18-3/h4-7,11,16H,8-10H2,1-3H3,(H,15,17). The largest absolute Gasteiger partial charge is 0.495 e. The molecule has 0 atom stereocenters. The number of carbonyl (C=O) groups excluding carboxylic acids is 1. The lowest BCUT2D eigenvalue weighted by Crippen LogP contribution is -2.31. The molecular weight excluding hydrogens is 228 g/mol. The van der Waals surface area contributed by atoms with Crippen LogP contribution >= 0.6 is 0 Å². The lowest BCUT2D eigenvalue weighted by molar-refractivity contribution is -0.119. The molecule has 18 heavy (non-hydrogen) atoms. The molecule has 0 spiro atoms. The molecule has 0 aliphatic carbocycles. The number of rotatable bonds is 7. The number of benzene rings is 1. The minimum absolute atomic E-state index is 0.00144. The second kappa shape index (κ2) is 7.58. The Bertz CT molecular complexity index is 378. The number of amides is 1. The first-order valence-corrected chi connectivity index (χ1v) is 6.27. The van der Waals surface area contributed by atoms with Crippen LogP contribution in [-0.4, -0.2) is 26.1 Å². The second-order valence-electron chi connectivity index (χ2n) is 4.59. The maximum absolute atomic E-state index is 11.6.